The molecule has 2 aromatic heterocycles. The van der Waals surface area contributed by atoms with E-state index in [2.05, 4.69) is 58.3 Å². The van der Waals surface area contributed by atoms with Crippen molar-refractivity contribution in [2.24, 2.45) is 4.99 Å². The van der Waals surface area contributed by atoms with E-state index < -0.39 is 0 Å². The maximum absolute atomic E-state index is 4.36. The molecule has 0 aliphatic carbocycles. The lowest BCUT2D eigenvalue weighted by molar-refractivity contribution is 0.173. The second kappa shape index (κ2) is 12.7. The number of hydrogen-bond acceptors (Lipinski definition) is 4. The van der Waals surface area contributed by atoms with Crippen molar-refractivity contribution in [2.75, 3.05) is 20.1 Å². The summed E-state index contributed by atoms with van der Waals surface area (Å²) in [7, 11) is 1.80. The van der Waals surface area contributed by atoms with Crippen molar-refractivity contribution in [3.63, 3.8) is 0 Å². The molecular formula is C20H34IN7. The highest BCUT2D eigenvalue weighted by atomic mass is 127. The average molecular weight is 499 g/mol. The first-order valence-corrected chi connectivity index (χ1v) is 9.66. The lowest BCUT2D eigenvalue weighted by atomic mass is 10.2. The number of aliphatic imine (C=N–C) groups is 1. The lowest BCUT2D eigenvalue weighted by Gasteiger charge is -2.30. The number of pyridine rings is 1. The van der Waals surface area contributed by atoms with Crippen LogP contribution in [0.3, 0.4) is 0 Å². The first-order valence-electron chi connectivity index (χ1n) is 9.66. The second-order valence-electron chi connectivity index (χ2n) is 7.10. The summed E-state index contributed by atoms with van der Waals surface area (Å²) < 4.78 is 1.76. The molecule has 0 aromatic carbocycles. The molecule has 0 fully saturated rings. The molecule has 0 bridgehead atoms. The van der Waals surface area contributed by atoms with Crippen molar-refractivity contribution in [1.82, 2.24) is 30.3 Å². The third-order valence-corrected chi connectivity index (χ3v) is 4.44. The van der Waals surface area contributed by atoms with E-state index in [1.807, 2.05) is 24.4 Å². The van der Waals surface area contributed by atoms with Gasteiger partial charge in [0.2, 0.25) is 0 Å². The quantitative estimate of drug-likeness (QED) is 0.240. The smallest absolute Gasteiger partial charge is 0.191 e. The number of halogens is 1. The number of guanidine groups is 1. The van der Waals surface area contributed by atoms with Gasteiger partial charge in [0.25, 0.3) is 0 Å². The van der Waals surface area contributed by atoms with E-state index in [1.165, 1.54) is 0 Å². The molecule has 0 atom stereocenters. The highest BCUT2D eigenvalue weighted by Gasteiger charge is 2.12. The molecule has 0 aliphatic rings. The van der Waals surface area contributed by atoms with Crippen LogP contribution in [0.15, 0.2) is 41.8 Å². The topological polar surface area (TPSA) is 70.4 Å². The third kappa shape index (κ3) is 7.75. The molecule has 0 aliphatic heterocycles. The summed E-state index contributed by atoms with van der Waals surface area (Å²) in [5.74, 6) is 1.62. The van der Waals surface area contributed by atoms with E-state index in [4.69, 9.17) is 0 Å². The van der Waals surface area contributed by atoms with Gasteiger partial charge in [-0.05, 0) is 57.9 Å². The predicted octanol–water partition coefficient (Wildman–Crippen LogP) is 3.06. The lowest BCUT2D eigenvalue weighted by Crippen LogP contribution is -2.41. The summed E-state index contributed by atoms with van der Waals surface area (Å²) in [6, 6.07) is 7.04. The summed E-state index contributed by atoms with van der Waals surface area (Å²) in [6.07, 6.45) is 6.52. The third-order valence-electron chi connectivity index (χ3n) is 4.44. The summed E-state index contributed by atoms with van der Waals surface area (Å²) in [4.78, 5) is 11.2. The molecule has 7 nitrogen and oxygen atoms in total. The Balaban J connectivity index is 0.00000392. The van der Waals surface area contributed by atoms with Crippen LogP contribution in [0.1, 0.15) is 39.7 Å². The Morgan fingerprint density at radius 3 is 2.54 bits per heavy atom. The standard InChI is InChI=1S/C20H33N7.HI/c1-16(2)26(17(3)4)12-6-9-23-20(21-5)24-15-18-8-11-22-19(14-18)27-13-7-10-25-27;/h7-8,10-11,13-14,16-17H,6,9,12,15H2,1-5H3,(H2,21,23,24);1H. The number of rotatable bonds is 9. The van der Waals surface area contributed by atoms with Gasteiger partial charge in [0.1, 0.15) is 0 Å². The van der Waals surface area contributed by atoms with Crippen LogP contribution in [0.25, 0.3) is 5.82 Å². The fourth-order valence-electron chi connectivity index (χ4n) is 3.09. The molecule has 8 heteroatoms. The van der Waals surface area contributed by atoms with Gasteiger partial charge in [-0.25, -0.2) is 9.67 Å². The Labute approximate surface area is 186 Å². The van der Waals surface area contributed by atoms with Gasteiger partial charge in [0.15, 0.2) is 11.8 Å². The molecule has 0 saturated heterocycles. The van der Waals surface area contributed by atoms with Crippen molar-refractivity contribution in [3.05, 3.63) is 42.4 Å². The number of nitrogens with one attached hydrogen (secondary N) is 2. The van der Waals surface area contributed by atoms with E-state index in [0.717, 1.165) is 36.9 Å². The number of nitrogens with zero attached hydrogens (tertiary/aromatic N) is 5. The number of hydrogen-bond donors (Lipinski definition) is 2. The first kappa shape index (κ1) is 24.4. The first-order chi connectivity index (χ1) is 13.0. The summed E-state index contributed by atoms with van der Waals surface area (Å²) in [6.45, 7) is 11.7. The second-order valence-corrected chi connectivity index (χ2v) is 7.10. The van der Waals surface area contributed by atoms with Crippen molar-refractivity contribution in [1.29, 1.82) is 0 Å². The summed E-state index contributed by atoms with van der Waals surface area (Å²) in [5, 5.41) is 11.0. The molecule has 0 unspecified atom stereocenters. The highest BCUT2D eigenvalue weighted by molar-refractivity contribution is 14.0. The van der Waals surface area contributed by atoms with Crippen LogP contribution in [-0.4, -0.2) is 57.8 Å². The van der Waals surface area contributed by atoms with Gasteiger partial charge in [-0.1, -0.05) is 0 Å². The maximum atomic E-state index is 4.36. The zero-order valence-electron chi connectivity index (χ0n) is 17.6. The Morgan fingerprint density at radius 2 is 1.93 bits per heavy atom. The fraction of sp³-hybridized carbons (Fsp3) is 0.550. The molecule has 2 aromatic rings. The Morgan fingerprint density at radius 1 is 1.18 bits per heavy atom. The highest BCUT2D eigenvalue weighted by Crippen LogP contribution is 2.06. The molecule has 28 heavy (non-hydrogen) atoms. The van der Waals surface area contributed by atoms with Gasteiger partial charge < -0.3 is 10.6 Å². The SMILES string of the molecule is CN=C(NCCCN(C(C)C)C(C)C)NCc1ccnc(-n2cccn2)c1.I. The molecule has 2 heterocycles. The van der Waals surface area contributed by atoms with E-state index in [0.29, 0.717) is 18.6 Å². The van der Waals surface area contributed by atoms with Crippen molar-refractivity contribution >= 4 is 29.9 Å². The van der Waals surface area contributed by atoms with Crippen molar-refractivity contribution in [3.8, 4) is 5.82 Å². The minimum Gasteiger partial charge on any atom is -0.356 e. The van der Waals surface area contributed by atoms with E-state index >= 15 is 0 Å². The van der Waals surface area contributed by atoms with Crippen LogP contribution in [-0.2, 0) is 6.54 Å². The molecule has 0 saturated carbocycles. The minimum absolute atomic E-state index is 0. The van der Waals surface area contributed by atoms with Crippen LogP contribution in [0, 0.1) is 0 Å². The fourth-order valence-corrected chi connectivity index (χ4v) is 3.09. The molecule has 2 rings (SSSR count). The molecule has 0 amide bonds. The molecule has 156 valence electrons. The number of aromatic nitrogens is 3. The molecular weight excluding hydrogens is 465 g/mol. The van der Waals surface area contributed by atoms with Gasteiger partial charge in [-0.15, -0.1) is 24.0 Å². The van der Waals surface area contributed by atoms with E-state index in [1.54, 1.807) is 24.1 Å². The maximum Gasteiger partial charge on any atom is 0.191 e. The molecule has 0 spiro atoms. The van der Waals surface area contributed by atoms with Gasteiger partial charge in [0, 0.05) is 57.4 Å². The summed E-state index contributed by atoms with van der Waals surface area (Å²) >= 11 is 0. The largest absolute Gasteiger partial charge is 0.356 e. The average Bonchev–Trinajstić information content (AvgIpc) is 3.18. The van der Waals surface area contributed by atoms with Gasteiger partial charge >= 0.3 is 0 Å². The minimum atomic E-state index is 0. The Bertz CT molecular complexity index is 690. The molecule has 2 N–H and O–H groups in total. The summed E-state index contributed by atoms with van der Waals surface area (Å²) in [5.41, 5.74) is 1.13. The van der Waals surface area contributed by atoms with Gasteiger partial charge in [-0.2, -0.15) is 5.10 Å². The normalized spacial score (nSPS) is 11.8. The van der Waals surface area contributed by atoms with Crippen LogP contribution in [0.4, 0.5) is 0 Å². The Kier molecular flexibility index (Phi) is 11.1. The van der Waals surface area contributed by atoms with Crippen molar-refractivity contribution < 1.29 is 0 Å². The van der Waals surface area contributed by atoms with Gasteiger partial charge in [0.05, 0.1) is 0 Å². The van der Waals surface area contributed by atoms with E-state index in [-0.39, 0.29) is 24.0 Å². The zero-order chi connectivity index (χ0) is 19.6. The van der Waals surface area contributed by atoms with Crippen LogP contribution in [0.2, 0.25) is 0 Å². The predicted molar refractivity (Wildman–Crippen MR) is 127 cm³/mol. The van der Waals surface area contributed by atoms with Crippen LogP contribution < -0.4 is 10.6 Å². The van der Waals surface area contributed by atoms with Crippen LogP contribution in [0.5, 0.6) is 0 Å². The van der Waals surface area contributed by atoms with Gasteiger partial charge in [-0.3, -0.25) is 9.89 Å². The molecule has 0 radical (unpaired) electrons. The van der Waals surface area contributed by atoms with Crippen molar-refractivity contribution in [2.45, 2.75) is 52.7 Å². The monoisotopic (exact) mass is 499 g/mol. The Hall–Kier alpha value is -1.68. The van der Waals surface area contributed by atoms with Crippen LogP contribution >= 0.6 is 24.0 Å². The van der Waals surface area contributed by atoms with E-state index in [9.17, 15) is 0 Å². The zero-order valence-corrected chi connectivity index (χ0v) is 19.9.